The highest BCUT2D eigenvalue weighted by Gasteiger charge is 2.30. The highest BCUT2D eigenvalue weighted by atomic mass is 16.6. The van der Waals surface area contributed by atoms with Crippen molar-refractivity contribution in [3.63, 3.8) is 0 Å². The van der Waals surface area contributed by atoms with E-state index in [1.807, 2.05) is 110 Å². The van der Waals surface area contributed by atoms with Crippen LogP contribution in [0.1, 0.15) is 112 Å². The molecule has 0 saturated carbocycles. The zero-order valence-corrected chi connectivity index (χ0v) is 37.2. The standard InChI is InChI=1S/C43H72N4O10/c1-40(2,3)54-35(48)28-44-21-22-45(29-36(49)55-41(4,5)6)25-26-47(31-38(51)57-43(10,11)12)34(27-46(24-23-44)30-37(50)56-42(7,8)9)16-14-15-32-17-19-33(20-18-32)39(52)53-13/h17-20,34H,14-16,21-31H2,1-13H3. The number of rotatable bonds is 13. The molecule has 1 aliphatic heterocycles. The number of aryl methyl sites for hydroxylation is 1. The number of hydrogen-bond acceptors (Lipinski definition) is 14. The van der Waals surface area contributed by atoms with Crippen LogP contribution in [-0.2, 0) is 49.3 Å². The fraction of sp³-hybridized carbons (Fsp3) is 0.744. The van der Waals surface area contributed by atoms with Crippen molar-refractivity contribution in [3.8, 4) is 0 Å². The van der Waals surface area contributed by atoms with Crippen molar-refractivity contribution < 1.29 is 47.7 Å². The fourth-order valence-corrected chi connectivity index (χ4v) is 6.36. The van der Waals surface area contributed by atoms with Crippen LogP contribution in [0.5, 0.6) is 0 Å². The molecule has 1 aliphatic rings. The quantitative estimate of drug-likeness (QED) is 0.200. The van der Waals surface area contributed by atoms with Crippen LogP contribution < -0.4 is 0 Å². The second kappa shape index (κ2) is 22.0. The lowest BCUT2D eigenvalue weighted by atomic mass is 10.0. The van der Waals surface area contributed by atoms with Crippen LogP contribution in [0.25, 0.3) is 0 Å². The molecule has 1 atom stereocenters. The van der Waals surface area contributed by atoms with Gasteiger partial charge in [0.25, 0.3) is 0 Å². The van der Waals surface area contributed by atoms with Crippen molar-refractivity contribution in [2.45, 2.75) is 131 Å². The van der Waals surface area contributed by atoms with Gasteiger partial charge in [0.15, 0.2) is 0 Å². The van der Waals surface area contributed by atoms with Crippen LogP contribution in [0.2, 0.25) is 0 Å². The number of methoxy groups -OCH3 is 1. The third-order valence-electron chi connectivity index (χ3n) is 8.60. The lowest BCUT2D eigenvalue weighted by molar-refractivity contribution is -0.160. The highest BCUT2D eigenvalue weighted by molar-refractivity contribution is 5.89. The van der Waals surface area contributed by atoms with Gasteiger partial charge in [-0.2, -0.15) is 0 Å². The van der Waals surface area contributed by atoms with Crippen molar-refractivity contribution in [2.75, 3.05) is 79.1 Å². The predicted octanol–water partition coefficient (Wildman–Crippen LogP) is 4.75. The first-order valence-electron chi connectivity index (χ1n) is 20.2. The Morgan fingerprint density at radius 3 is 1.32 bits per heavy atom. The zero-order chi connectivity index (χ0) is 43.2. The Morgan fingerprint density at radius 1 is 0.544 bits per heavy atom. The first-order chi connectivity index (χ1) is 26.2. The summed E-state index contributed by atoms with van der Waals surface area (Å²) < 4.78 is 27.8. The summed E-state index contributed by atoms with van der Waals surface area (Å²) >= 11 is 0. The fourth-order valence-electron chi connectivity index (χ4n) is 6.36. The summed E-state index contributed by atoms with van der Waals surface area (Å²) in [5.41, 5.74) is -1.20. The summed E-state index contributed by atoms with van der Waals surface area (Å²) in [5, 5.41) is 0. The van der Waals surface area contributed by atoms with Crippen LogP contribution in [0, 0.1) is 0 Å². The molecule has 1 unspecified atom stereocenters. The number of carbonyl (C=O) groups is 5. The minimum Gasteiger partial charge on any atom is -0.465 e. The number of hydrogen-bond donors (Lipinski definition) is 0. The molecule has 0 N–H and O–H groups in total. The van der Waals surface area contributed by atoms with Crippen LogP contribution in [-0.4, -0.2) is 157 Å². The molecule has 0 radical (unpaired) electrons. The van der Waals surface area contributed by atoms with E-state index in [0.29, 0.717) is 64.2 Å². The first kappa shape index (κ1) is 49.6. The van der Waals surface area contributed by atoms with Gasteiger partial charge in [-0.25, -0.2) is 4.79 Å². The molecule has 2 rings (SSSR count). The Hall–Kier alpha value is -3.59. The maximum atomic E-state index is 13.5. The van der Waals surface area contributed by atoms with E-state index in [1.165, 1.54) is 7.11 Å². The largest absolute Gasteiger partial charge is 0.465 e. The minimum absolute atomic E-state index is 0.00108. The van der Waals surface area contributed by atoms with Gasteiger partial charge in [0.2, 0.25) is 0 Å². The smallest absolute Gasteiger partial charge is 0.337 e. The van der Waals surface area contributed by atoms with E-state index in [2.05, 4.69) is 4.90 Å². The Labute approximate surface area is 341 Å². The van der Waals surface area contributed by atoms with E-state index in [4.69, 9.17) is 23.7 Å². The summed E-state index contributed by atoms with van der Waals surface area (Å²) in [6.45, 7) is 25.0. The van der Waals surface area contributed by atoms with Crippen molar-refractivity contribution in [1.82, 2.24) is 19.6 Å². The normalized spacial score (nSPS) is 17.8. The van der Waals surface area contributed by atoms with Crippen molar-refractivity contribution >= 4 is 29.8 Å². The Bertz CT molecular complexity index is 1450. The Balaban J connectivity index is 2.56. The number of esters is 5. The van der Waals surface area contributed by atoms with Gasteiger partial charge in [-0.1, -0.05) is 12.1 Å². The van der Waals surface area contributed by atoms with E-state index in [0.717, 1.165) is 12.0 Å². The van der Waals surface area contributed by atoms with Gasteiger partial charge < -0.3 is 23.7 Å². The molecule has 0 bridgehead atoms. The van der Waals surface area contributed by atoms with Crippen molar-refractivity contribution in [2.24, 2.45) is 0 Å². The molecule has 1 aromatic carbocycles. The van der Waals surface area contributed by atoms with E-state index in [9.17, 15) is 24.0 Å². The predicted molar refractivity (Wildman–Crippen MR) is 219 cm³/mol. The van der Waals surface area contributed by atoms with Crippen LogP contribution in [0.4, 0.5) is 0 Å². The molecule has 1 fully saturated rings. The molecule has 1 saturated heterocycles. The van der Waals surface area contributed by atoms with Crippen LogP contribution >= 0.6 is 0 Å². The maximum Gasteiger partial charge on any atom is 0.337 e. The van der Waals surface area contributed by atoms with Gasteiger partial charge in [-0.15, -0.1) is 0 Å². The molecule has 324 valence electrons. The van der Waals surface area contributed by atoms with Gasteiger partial charge >= 0.3 is 29.8 Å². The van der Waals surface area contributed by atoms with Gasteiger partial charge in [0.05, 0.1) is 38.9 Å². The molecular formula is C43H72N4O10. The summed E-state index contributed by atoms with van der Waals surface area (Å²) in [6.07, 6.45) is 2.10. The summed E-state index contributed by atoms with van der Waals surface area (Å²) in [6, 6.07) is 7.09. The average Bonchev–Trinajstić information content (AvgIpc) is 3.02. The van der Waals surface area contributed by atoms with Gasteiger partial charge in [-0.05, 0) is 120 Å². The van der Waals surface area contributed by atoms with E-state index < -0.39 is 28.4 Å². The Morgan fingerprint density at radius 2 is 0.912 bits per heavy atom. The third kappa shape index (κ3) is 22.2. The third-order valence-corrected chi connectivity index (χ3v) is 8.60. The number of nitrogens with zero attached hydrogens (tertiary/aromatic N) is 4. The van der Waals surface area contributed by atoms with Gasteiger partial charge in [0, 0.05) is 51.9 Å². The molecule has 0 spiro atoms. The molecule has 1 aromatic rings. The molecule has 1 heterocycles. The molecule has 0 aliphatic carbocycles. The summed E-state index contributed by atoms with van der Waals surface area (Å²) in [5.74, 6) is -1.89. The van der Waals surface area contributed by atoms with Crippen LogP contribution in [0.15, 0.2) is 24.3 Å². The maximum absolute atomic E-state index is 13.5. The molecule has 57 heavy (non-hydrogen) atoms. The average molecular weight is 805 g/mol. The van der Waals surface area contributed by atoms with Gasteiger partial charge in [0.1, 0.15) is 22.4 Å². The van der Waals surface area contributed by atoms with E-state index in [1.54, 1.807) is 12.1 Å². The second-order valence-corrected chi connectivity index (χ2v) is 18.8. The minimum atomic E-state index is -0.696. The lowest BCUT2D eigenvalue weighted by Crippen LogP contribution is -2.53. The zero-order valence-electron chi connectivity index (χ0n) is 37.2. The second-order valence-electron chi connectivity index (χ2n) is 18.8. The van der Waals surface area contributed by atoms with Gasteiger partial charge in [-0.3, -0.25) is 38.8 Å². The molecule has 0 aromatic heterocycles. The first-order valence-corrected chi connectivity index (χ1v) is 20.2. The summed E-state index contributed by atoms with van der Waals surface area (Å²) in [7, 11) is 1.35. The monoisotopic (exact) mass is 805 g/mol. The lowest BCUT2D eigenvalue weighted by Gasteiger charge is -2.38. The number of ether oxygens (including phenoxy) is 5. The van der Waals surface area contributed by atoms with E-state index in [-0.39, 0.29) is 56.1 Å². The Kier molecular flexibility index (Phi) is 19.1. The summed E-state index contributed by atoms with van der Waals surface area (Å²) in [4.78, 5) is 73.3. The molecule has 14 nitrogen and oxygen atoms in total. The number of benzene rings is 1. The number of carbonyl (C=O) groups excluding carboxylic acids is 5. The van der Waals surface area contributed by atoms with Crippen molar-refractivity contribution in [1.29, 1.82) is 0 Å². The molecular weight excluding hydrogens is 732 g/mol. The van der Waals surface area contributed by atoms with Crippen molar-refractivity contribution in [3.05, 3.63) is 35.4 Å². The van der Waals surface area contributed by atoms with Crippen LogP contribution in [0.3, 0.4) is 0 Å². The molecule has 0 amide bonds. The highest BCUT2D eigenvalue weighted by Crippen LogP contribution is 2.18. The van der Waals surface area contributed by atoms with E-state index >= 15 is 0 Å². The molecule has 14 heteroatoms. The SMILES string of the molecule is COC(=O)c1ccc(CCCC2CN(CC(=O)OC(C)(C)C)CCN(CC(=O)OC(C)(C)C)CCN(CC(=O)OC(C)(C)C)CCN2CC(=O)OC(C)(C)C)cc1. The topological polar surface area (TPSA) is 144 Å².